The van der Waals surface area contributed by atoms with E-state index in [-0.39, 0.29) is 6.04 Å². The summed E-state index contributed by atoms with van der Waals surface area (Å²) >= 11 is 4.94. The lowest BCUT2D eigenvalue weighted by molar-refractivity contribution is 0.797. The molecule has 0 saturated heterocycles. The van der Waals surface area contributed by atoms with E-state index in [2.05, 4.69) is 4.98 Å². The van der Waals surface area contributed by atoms with Crippen LogP contribution in [0.2, 0.25) is 0 Å². The summed E-state index contributed by atoms with van der Waals surface area (Å²) in [6.07, 6.45) is 1.73. The van der Waals surface area contributed by atoms with Crippen LogP contribution in [0, 0.1) is 0 Å². The number of aromatic nitrogens is 1. The molecule has 0 saturated carbocycles. The molecular weight excluding hydrogens is 182 g/mol. The van der Waals surface area contributed by atoms with Crippen LogP contribution >= 0.6 is 12.2 Å². The Bertz CT molecular complexity index is 284. The predicted octanol–water partition coefficient (Wildman–Crippen LogP) is 1.54. The highest BCUT2D eigenvalue weighted by Gasteiger charge is 2.13. The normalized spacial score (nSPS) is 10.1. The summed E-state index contributed by atoms with van der Waals surface area (Å²) in [5, 5.41) is 0.355. The lowest BCUT2D eigenvalue weighted by Crippen LogP contribution is -2.41. The van der Waals surface area contributed by atoms with Gasteiger partial charge in [0.15, 0.2) is 5.11 Å². The van der Waals surface area contributed by atoms with E-state index in [9.17, 15) is 0 Å². The smallest absolute Gasteiger partial charge is 0.172 e. The standard InChI is InChI=1S/C9H13N3S/c1-7(2)12(9(10)13)8-5-3-4-6-11-8/h3-7H,1-2H3,(H2,10,13). The number of hydrogen-bond acceptors (Lipinski definition) is 2. The van der Waals surface area contributed by atoms with Crippen molar-refractivity contribution in [1.82, 2.24) is 4.98 Å². The first-order chi connectivity index (χ1) is 6.13. The van der Waals surface area contributed by atoms with Gasteiger partial charge in [-0.1, -0.05) is 6.07 Å². The average Bonchev–Trinajstić information content (AvgIpc) is 2.04. The SMILES string of the molecule is CC(C)N(C(N)=S)c1ccccn1. The molecule has 1 heterocycles. The number of pyridine rings is 1. The molecule has 0 spiro atoms. The van der Waals surface area contributed by atoms with Gasteiger partial charge in [-0.05, 0) is 38.2 Å². The van der Waals surface area contributed by atoms with Crippen molar-refractivity contribution in [3.05, 3.63) is 24.4 Å². The van der Waals surface area contributed by atoms with E-state index in [1.165, 1.54) is 0 Å². The fourth-order valence-electron chi connectivity index (χ4n) is 1.13. The predicted molar refractivity (Wildman–Crippen MR) is 58.6 cm³/mol. The fourth-order valence-corrected chi connectivity index (χ4v) is 1.43. The van der Waals surface area contributed by atoms with Crippen LogP contribution in [-0.4, -0.2) is 16.1 Å². The molecule has 0 fully saturated rings. The van der Waals surface area contributed by atoms with E-state index in [1.807, 2.05) is 36.9 Å². The zero-order valence-electron chi connectivity index (χ0n) is 7.77. The van der Waals surface area contributed by atoms with Gasteiger partial charge in [-0.25, -0.2) is 4.98 Å². The van der Waals surface area contributed by atoms with Crippen molar-refractivity contribution in [2.45, 2.75) is 19.9 Å². The molecule has 1 aromatic rings. The van der Waals surface area contributed by atoms with Crippen molar-refractivity contribution in [1.29, 1.82) is 0 Å². The summed E-state index contributed by atoms with van der Waals surface area (Å²) in [7, 11) is 0. The van der Waals surface area contributed by atoms with Gasteiger partial charge in [-0.15, -0.1) is 0 Å². The van der Waals surface area contributed by atoms with Gasteiger partial charge in [0.2, 0.25) is 0 Å². The molecule has 0 atom stereocenters. The van der Waals surface area contributed by atoms with E-state index < -0.39 is 0 Å². The summed E-state index contributed by atoms with van der Waals surface area (Å²) in [5.74, 6) is 0.796. The van der Waals surface area contributed by atoms with E-state index in [0.717, 1.165) is 5.82 Å². The minimum atomic E-state index is 0.229. The monoisotopic (exact) mass is 195 g/mol. The molecule has 0 amide bonds. The Morgan fingerprint density at radius 1 is 1.54 bits per heavy atom. The number of rotatable bonds is 2. The van der Waals surface area contributed by atoms with Crippen molar-refractivity contribution in [2.24, 2.45) is 5.73 Å². The first kappa shape index (κ1) is 9.92. The second-order valence-electron chi connectivity index (χ2n) is 2.99. The molecule has 13 heavy (non-hydrogen) atoms. The van der Waals surface area contributed by atoms with E-state index in [0.29, 0.717) is 5.11 Å². The number of nitrogens with zero attached hydrogens (tertiary/aromatic N) is 2. The van der Waals surface area contributed by atoms with Crippen molar-refractivity contribution < 1.29 is 0 Å². The minimum Gasteiger partial charge on any atom is -0.376 e. The number of hydrogen-bond donors (Lipinski definition) is 1. The van der Waals surface area contributed by atoms with Crippen molar-refractivity contribution in [3.63, 3.8) is 0 Å². The third-order valence-electron chi connectivity index (χ3n) is 1.65. The van der Waals surface area contributed by atoms with Crippen LogP contribution in [0.4, 0.5) is 5.82 Å². The topological polar surface area (TPSA) is 42.1 Å². The molecule has 0 bridgehead atoms. The average molecular weight is 195 g/mol. The Morgan fingerprint density at radius 3 is 2.62 bits per heavy atom. The highest BCUT2D eigenvalue weighted by Crippen LogP contribution is 2.12. The van der Waals surface area contributed by atoms with Crippen LogP contribution in [0.5, 0.6) is 0 Å². The van der Waals surface area contributed by atoms with Crippen LogP contribution in [0.15, 0.2) is 24.4 Å². The van der Waals surface area contributed by atoms with Gasteiger partial charge in [0.05, 0.1) is 0 Å². The van der Waals surface area contributed by atoms with Crippen molar-refractivity contribution in [3.8, 4) is 0 Å². The van der Waals surface area contributed by atoms with Gasteiger partial charge in [0.25, 0.3) is 0 Å². The summed E-state index contributed by atoms with van der Waals surface area (Å²) in [6, 6.07) is 5.89. The summed E-state index contributed by atoms with van der Waals surface area (Å²) in [4.78, 5) is 5.99. The van der Waals surface area contributed by atoms with Crippen LogP contribution in [-0.2, 0) is 0 Å². The molecule has 0 aliphatic carbocycles. The van der Waals surface area contributed by atoms with E-state index in [1.54, 1.807) is 6.20 Å². The number of nitrogens with two attached hydrogens (primary N) is 1. The maximum atomic E-state index is 5.59. The third kappa shape index (κ3) is 2.39. The zero-order valence-corrected chi connectivity index (χ0v) is 8.58. The van der Waals surface area contributed by atoms with Gasteiger partial charge >= 0.3 is 0 Å². The number of anilines is 1. The van der Waals surface area contributed by atoms with Crippen LogP contribution in [0.25, 0.3) is 0 Å². The maximum absolute atomic E-state index is 5.59. The Kier molecular flexibility index (Phi) is 3.19. The first-order valence-corrected chi connectivity index (χ1v) is 4.53. The molecule has 4 heteroatoms. The molecule has 0 radical (unpaired) electrons. The highest BCUT2D eigenvalue weighted by atomic mass is 32.1. The molecule has 70 valence electrons. The van der Waals surface area contributed by atoms with E-state index in [4.69, 9.17) is 18.0 Å². The summed E-state index contributed by atoms with van der Waals surface area (Å²) in [6.45, 7) is 4.04. The van der Waals surface area contributed by atoms with Gasteiger partial charge < -0.3 is 10.6 Å². The minimum absolute atomic E-state index is 0.229. The summed E-state index contributed by atoms with van der Waals surface area (Å²) in [5.41, 5.74) is 5.59. The molecule has 1 aromatic heterocycles. The highest BCUT2D eigenvalue weighted by molar-refractivity contribution is 7.80. The molecule has 0 unspecified atom stereocenters. The largest absolute Gasteiger partial charge is 0.376 e. The van der Waals surface area contributed by atoms with Crippen molar-refractivity contribution in [2.75, 3.05) is 4.90 Å². The molecule has 1 rings (SSSR count). The Hall–Kier alpha value is -1.16. The number of thiocarbonyl (C=S) groups is 1. The van der Waals surface area contributed by atoms with Crippen LogP contribution < -0.4 is 10.6 Å². The van der Waals surface area contributed by atoms with Crippen molar-refractivity contribution >= 4 is 23.1 Å². The quantitative estimate of drug-likeness (QED) is 0.727. The van der Waals surface area contributed by atoms with Gasteiger partial charge in [0.1, 0.15) is 5.82 Å². The third-order valence-corrected chi connectivity index (χ3v) is 1.85. The lowest BCUT2D eigenvalue weighted by atomic mass is 10.3. The second kappa shape index (κ2) is 4.18. The maximum Gasteiger partial charge on any atom is 0.172 e. The fraction of sp³-hybridized carbons (Fsp3) is 0.333. The Labute approximate surface area is 83.6 Å². The Balaban J connectivity index is 2.96. The molecule has 0 aromatic carbocycles. The van der Waals surface area contributed by atoms with Gasteiger partial charge in [-0.2, -0.15) is 0 Å². The molecule has 2 N–H and O–H groups in total. The van der Waals surface area contributed by atoms with Crippen LogP contribution in [0.3, 0.4) is 0 Å². The first-order valence-electron chi connectivity index (χ1n) is 4.12. The van der Waals surface area contributed by atoms with Gasteiger partial charge in [-0.3, -0.25) is 0 Å². The Morgan fingerprint density at radius 2 is 2.23 bits per heavy atom. The summed E-state index contributed by atoms with van der Waals surface area (Å²) < 4.78 is 0. The van der Waals surface area contributed by atoms with Gasteiger partial charge in [0, 0.05) is 12.2 Å². The molecule has 0 aliphatic rings. The molecular formula is C9H13N3S. The second-order valence-corrected chi connectivity index (χ2v) is 3.41. The van der Waals surface area contributed by atoms with E-state index >= 15 is 0 Å². The lowest BCUT2D eigenvalue weighted by Gasteiger charge is -2.25. The van der Waals surface area contributed by atoms with Crippen LogP contribution in [0.1, 0.15) is 13.8 Å². The zero-order chi connectivity index (χ0) is 9.84. The molecule has 0 aliphatic heterocycles. The molecule has 3 nitrogen and oxygen atoms in total.